The summed E-state index contributed by atoms with van der Waals surface area (Å²) in [5.41, 5.74) is 4.91. The maximum Gasteiger partial charge on any atom is 0.240 e. The van der Waals surface area contributed by atoms with E-state index in [-0.39, 0.29) is 11.4 Å². The highest BCUT2D eigenvalue weighted by Crippen LogP contribution is 2.19. The lowest BCUT2D eigenvalue weighted by Crippen LogP contribution is -2.24. The Hall–Kier alpha value is -3.33. The second kappa shape index (κ2) is 10.8. The monoisotopic (exact) mass is 445 g/mol. The molecule has 0 atom stereocenters. The van der Waals surface area contributed by atoms with Crippen LogP contribution in [0.3, 0.4) is 0 Å². The van der Waals surface area contributed by atoms with E-state index in [1.807, 2.05) is 68.5 Å². The van der Waals surface area contributed by atoms with Crippen LogP contribution in [0.1, 0.15) is 28.7 Å². The van der Waals surface area contributed by atoms with E-state index in [0.717, 1.165) is 28.0 Å². The Labute approximate surface area is 191 Å². The fourth-order valence-corrected chi connectivity index (χ4v) is 4.05. The molecule has 0 radical (unpaired) electrons. The molecule has 0 bridgehead atoms. The summed E-state index contributed by atoms with van der Waals surface area (Å²) in [7, 11) is -1.91. The Morgan fingerprint density at radius 2 is 1.50 bits per heavy atom. The van der Waals surface area contributed by atoms with Gasteiger partial charge in [0.1, 0.15) is 5.75 Å². The van der Waals surface area contributed by atoms with Crippen molar-refractivity contribution >= 4 is 15.6 Å². The molecule has 0 aliphatic carbocycles. The molecule has 0 heterocycles. The predicted molar refractivity (Wildman–Crippen MR) is 130 cm³/mol. The Bertz CT molecular complexity index is 1230. The van der Waals surface area contributed by atoms with Crippen LogP contribution in [0.15, 0.2) is 83.8 Å². The molecule has 5 heteroatoms. The minimum atomic E-state index is -3.54. The number of ether oxygens (including phenoxy) is 1. The van der Waals surface area contributed by atoms with Crippen molar-refractivity contribution in [3.63, 3.8) is 0 Å². The van der Waals surface area contributed by atoms with Crippen molar-refractivity contribution in [1.29, 1.82) is 0 Å². The molecule has 0 spiro atoms. The van der Waals surface area contributed by atoms with Crippen LogP contribution in [0.25, 0.3) is 5.57 Å². The second-order valence-corrected chi connectivity index (χ2v) is 9.23. The summed E-state index contributed by atoms with van der Waals surface area (Å²) in [5, 5.41) is 0. The number of hydrogen-bond donors (Lipinski definition) is 1. The van der Waals surface area contributed by atoms with E-state index in [1.54, 1.807) is 31.4 Å². The molecule has 0 aromatic heterocycles. The van der Waals surface area contributed by atoms with Gasteiger partial charge < -0.3 is 4.74 Å². The lowest BCUT2D eigenvalue weighted by Gasteiger charge is -2.07. The highest BCUT2D eigenvalue weighted by atomic mass is 32.2. The molecule has 0 amide bonds. The van der Waals surface area contributed by atoms with Gasteiger partial charge >= 0.3 is 0 Å². The zero-order valence-corrected chi connectivity index (χ0v) is 19.4. The van der Waals surface area contributed by atoms with Crippen molar-refractivity contribution in [3.8, 4) is 17.6 Å². The molecule has 4 nitrogen and oxygen atoms in total. The fraction of sp³-hybridized carbons (Fsp3) is 0.185. The van der Waals surface area contributed by atoms with E-state index in [2.05, 4.69) is 16.6 Å². The molecule has 0 saturated heterocycles. The van der Waals surface area contributed by atoms with Crippen molar-refractivity contribution < 1.29 is 13.2 Å². The van der Waals surface area contributed by atoms with Crippen molar-refractivity contribution in [2.75, 3.05) is 13.7 Å². The van der Waals surface area contributed by atoms with E-state index in [1.165, 1.54) is 5.56 Å². The predicted octanol–water partition coefficient (Wildman–Crippen LogP) is 5.12. The third kappa shape index (κ3) is 6.58. The summed E-state index contributed by atoms with van der Waals surface area (Å²) in [6.45, 7) is 4.24. The lowest BCUT2D eigenvalue weighted by molar-refractivity contribution is 0.415. The zero-order valence-electron chi connectivity index (χ0n) is 18.6. The molecule has 1 N–H and O–H groups in total. The largest absolute Gasteiger partial charge is 0.497 e. The summed E-state index contributed by atoms with van der Waals surface area (Å²) in [4.78, 5) is 0.265. The van der Waals surface area contributed by atoms with Gasteiger partial charge in [-0.3, -0.25) is 0 Å². The van der Waals surface area contributed by atoms with Gasteiger partial charge in [0.25, 0.3) is 0 Å². The lowest BCUT2D eigenvalue weighted by atomic mass is 10.0. The first-order valence-corrected chi connectivity index (χ1v) is 11.9. The quantitative estimate of drug-likeness (QED) is 0.406. The van der Waals surface area contributed by atoms with Crippen molar-refractivity contribution in [2.45, 2.75) is 25.2 Å². The molecule has 0 fully saturated rings. The van der Waals surface area contributed by atoms with Gasteiger partial charge in [0.15, 0.2) is 0 Å². The fourth-order valence-electron chi connectivity index (χ4n) is 3.00. The van der Waals surface area contributed by atoms with E-state index in [0.29, 0.717) is 6.42 Å². The third-order valence-electron chi connectivity index (χ3n) is 4.91. The summed E-state index contributed by atoms with van der Waals surface area (Å²) < 4.78 is 32.9. The minimum absolute atomic E-state index is 0.265. The number of hydrogen-bond acceptors (Lipinski definition) is 3. The van der Waals surface area contributed by atoms with Crippen molar-refractivity contribution in [3.05, 3.63) is 101 Å². The molecular formula is C27H27NO3S. The number of sulfonamides is 1. The van der Waals surface area contributed by atoms with E-state index < -0.39 is 10.0 Å². The first-order chi connectivity index (χ1) is 15.4. The standard InChI is InChI=1S/C27H27NO3S/c1-21-6-10-23(11-7-21)12-13-24(25-14-16-26(31-3)17-15-25)5-4-20-28-32(29,30)27-18-8-22(2)9-19-27/h5-11,14-19,28H,4,20H2,1-3H3/b24-5+. The number of aryl methyl sites for hydroxylation is 2. The maximum absolute atomic E-state index is 12.5. The first kappa shape index (κ1) is 23.3. The van der Waals surface area contributed by atoms with E-state index in [9.17, 15) is 8.42 Å². The highest BCUT2D eigenvalue weighted by molar-refractivity contribution is 7.89. The van der Waals surface area contributed by atoms with Gasteiger partial charge in [-0.1, -0.05) is 65.4 Å². The molecule has 164 valence electrons. The van der Waals surface area contributed by atoms with E-state index in [4.69, 9.17) is 4.74 Å². The number of rotatable bonds is 7. The van der Waals surface area contributed by atoms with Crippen LogP contribution in [0, 0.1) is 25.7 Å². The summed E-state index contributed by atoms with van der Waals surface area (Å²) in [6, 6.07) is 22.5. The Morgan fingerprint density at radius 1 is 0.906 bits per heavy atom. The SMILES string of the molecule is COc1ccc(/C(C#Cc2ccc(C)cc2)=C/CCNS(=O)(=O)c2ccc(C)cc2)cc1. The molecular weight excluding hydrogens is 418 g/mol. The van der Waals surface area contributed by atoms with Crippen LogP contribution in [0.2, 0.25) is 0 Å². The number of benzene rings is 3. The molecule has 3 rings (SSSR count). The Morgan fingerprint density at radius 3 is 2.09 bits per heavy atom. The molecule has 32 heavy (non-hydrogen) atoms. The normalized spacial score (nSPS) is 11.5. The molecule has 3 aromatic carbocycles. The van der Waals surface area contributed by atoms with Gasteiger partial charge in [-0.15, -0.1) is 0 Å². The Kier molecular flexibility index (Phi) is 7.88. The van der Waals surface area contributed by atoms with Crippen LogP contribution in [-0.2, 0) is 10.0 Å². The van der Waals surface area contributed by atoms with Gasteiger partial charge in [-0.25, -0.2) is 13.1 Å². The second-order valence-electron chi connectivity index (χ2n) is 7.46. The third-order valence-corrected chi connectivity index (χ3v) is 6.39. The average molecular weight is 446 g/mol. The van der Waals surface area contributed by atoms with Gasteiger partial charge in [-0.05, 0) is 62.2 Å². The van der Waals surface area contributed by atoms with Gasteiger partial charge in [0.2, 0.25) is 10.0 Å². The van der Waals surface area contributed by atoms with E-state index >= 15 is 0 Å². The minimum Gasteiger partial charge on any atom is -0.497 e. The first-order valence-electron chi connectivity index (χ1n) is 10.4. The molecule has 0 aliphatic rings. The zero-order chi connectivity index (χ0) is 23.0. The van der Waals surface area contributed by atoms with Gasteiger partial charge in [0.05, 0.1) is 12.0 Å². The van der Waals surface area contributed by atoms with Crippen molar-refractivity contribution in [1.82, 2.24) is 4.72 Å². The number of methoxy groups -OCH3 is 1. The molecule has 0 unspecified atom stereocenters. The average Bonchev–Trinajstić information content (AvgIpc) is 2.80. The molecule has 3 aromatic rings. The number of nitrogens with one attached hydrogen (secondary N) is 1. The summed E-state index contributed by atoms with van der Waals surface area (Å²) in [5.74, 6) is 7.21. The summed E-state index contributed by atoms with van der Waals surface area (Å²) in [6.07, 6.45) is 2.47. The van der Waals surface area contributed by atoms with Gasteiger partial charge in [-0.2, -0.15) is 0 Å². The smallest absolute Gasteiger partial charge is 0.240 e. The van der Waals surface area contributed by atoms with Crippen LogP contribution in [0.4, 0.5) is 0 Å². The Balaban J connectivity index is 1.76. The summed E-state index contributed by atoms with van der Waals surface area (Å²) >= 11 is 0. The van der Waals surface area contributed by atoms with Crippen molar-refractivity contribution in [2.24, 2.45) is 0 Å². The molecule has 0 aliphatic heterocycles. The number of allylic oxidation sites excluding steroid dienone is 1. The van der Waals surface area contributed by atoms with Crippen LogP contribution >= 0.6 is 0 Å². The highest BCUT2D eigenvalue weighted by Gasteiger charge is 2.12. The maximum atomic E-state index is 12.5. The van der Waals surface area contributed by atoms with Gasteiger partial charge in [0, 0.05) is 17.7 Å². The van der Waals surface area contributed by atoms with Crippen LogP contribution < -0.4 is 9.46 Å². The molecule has 0 saturated carbocycles. The van der Waals surface area contributed by atoms with Crippen LogP contribution in [-0.4, -0.2) is 22.1 Å². The van der Waals surface area contributed by atoms with Crippen LogP contribution in [0.5, 0.6) is 5.75 Å². The topological polar surface area (TPSA) is 55.4 Å².